The van der Waals surface area contributed by atoms with Crippen molar-refractivity contribution < 1.29 is 22.4 Å². The quantitative estimate of drug-likeness (QED) is 0.935. The molecule has 1 N–H and O–H groups in total. The topological polar surface area (TPSA) is 42.2 Å². The second-order valence-corrected chi connectivity index (χ2v) is 4.71. The Morgan fingerprint density at radius 2 is 1.95 bits per heavy atom. The number of furan rings is 1. The van der Waals surface area contributed by atoms with Crippen LogP contribution in [0.4, 0.5) is 13.2 Å². The average molecular weight is 297 g/mol. The lowest BCUT2D eigenvalue weighted by Gasteiger charge is -2.09. The van der Waals surface area contributed by atoms with Crippen LogP contribution >= 0.6 is 0 Å². The molecule has 0 spiro atoms. The minimum atomic E-state index is -4.39. The van der Waals surface area contributed by atoms with Crippen LogP contribution in [0.3, 0.4) is 0 Å². The lowest BCUT2D eigenvalue weighted by atomic mass is 10.1. The number of hydrogen-bond donors (Lipinski definition) is 1. The fourth-order valence-corrected chi connectivity index (χ4v) is 1.99. The summed E-state index contributed by atoms with van der Waals surface area (Å²) in [7, 11) is 0. The van der Waals surface area contributed by atoms with E-state index in [-0.39, 0.29) is 12.5 Å². The molecule has 0 radical (unpaired) electrons. The highest BCUT2D eigenvalue weighted by molar-refractivity contribution is 5.95. The average Bonchev–Trinajstić information content (AvgIpc) is 2.74. The number of hydrogen-bond acceptors (Lipinski definition) is 2. The third-order valence-electron chi connectivity index (χ3n) is 2.99. The number of aryl methyl sites for hydroxylation is 2. The van der Waals surface area contributed by atoms with Gasteiger partial charge in [-0.05, 0) is 37.6 Å². The smallest absolute Gasteiger partial charge is 0.416 e. The molecule has 0 aliphatic rings. The summed E-state index contributed by atoms with van der Waals surface area (Å²) in [6.07, 6.45) is -4.39. The first-order valence-electron chi connectivity index (χ1n) is 6.29. The summed E-state index contributed by atoms with van der Waals surface area (Å²) in [5.41, 5.74) is 0.0418. The maximum Gasteiger partial charge on any atom is 0.416 e. The summed E-state index contributed by atoms with van der Waals surface area (Å²) in [6.45, 7) is 3.40. The van der Waals surface area contributed by atoms with Gasteiger partial charge in [0.2, 0.25) is 0 Å². The number of benzene rings is 1. The molecule has 3 nitrogen and oxygen atoms in total. The van der Waals surface area contributed by atoms with E-state index >= 15 is 0 Å². The van der Waals surface area contributed by atoms with Crippen LogP contribution in [-0.2, 0) is 12.7 Å². The Kier molecular flexibility index (Phi) is 4.06. The molecule has 0 atom stereocenters. The zero-order valence-corrected chi connectivity index (χ0v) is 11.5. The first-order chi connectivity index (χ1) is 9.77. The largest absolute Gasteiger partial charge is 0.466 e. The second kappa shape index (κ2) is 5.63. The number of alkyl halides is 3. The van der Waals surface area contributed by atoms with E-state index in [0.717, 1.165) is 12.1 Å². The van der Waals surface area contributed by atoms with Crippen LogP contribution < -0.4 is 5.32 Å². The Labute approximate surface area is 119 Å². The van der Waals surface area contributed by atoms with Crippen molar-refractivity contribution in [2.45, 2.75) is 26.6 Å². The van der Waals surface area contributed by atoms with Crippen molar-refractivity contribution in [3.05, 3.63) is 58.5 Å². The molecule has 1 aromatic heterocycles. The van der Waals surface area contributed by atoms with Crippen LogP contribution in [-0.4, -0.2) is 5.91 Å². The minimum Gasteiger partial charge on any atom is -0.466 e. The molecule has 0 aliphatic carbocycles. The van der Waals surface area contributed by atoms with E-state index in [1.54, 1.807) is 19.9 Å². The van der Waals surface area contributed by atoms with Gasteiger partial charge in [-0.1, -0.05) is 12.1 Å². The van der Waals surface area contributed by atoms with E-state index in [4.69, 9.17) is 4.42 Å². The van der Waals surface area contributed by atoms with Gasteiger partial charge in [-0.2, -0.15) is 13.2 Å². The summed E-state index contributed by atoms with van der Waals surface area (Å²) in [5, 5.41) is 2.58. The Morgan fingerprint density at radius 3 is 2.52 bits per heavy atom. The van der Waals surface area contributed by atoms with Gasteiger partial charge in [0, 0.05) is 6.54 Å². The van der Waals surface area contributed by atoms with Crippen LogP contribution in [0.5, 0.6) is 0 Å². The molecule has 21 heavy (non-hydrogen) atoms. The zero-order chi connectivity index (χ0) is 15.6. The highest BCUT2D eigenvalue weighted by Crippen LogP contribution is 2.29. The molecule has 2 rings (SSSR count). The van der Waals surface area contributed by atoms with E-state index < -0.39 is 11.7 Å². The third-order valence-corrected chi connectivity index (χ3v) is 2.99. The van der Waals surface area contributed by atoms with Crippen LogP contribution in [0, 0.1) is 13.8 Å². The molecular formula is C15H14F3NO2. The zero-order valence-electron chi connectivity index (χ0n) is 11.5. The third kappa shape index (κ3) is 3.65. The Bertz CT molecular complexity index is 659. The van der Waals surface area contributed by atoms with E-state index in [1.807, 2.05) is 0 Å². The Balaban J connectivity index is 2.07. The highest BCUT2D eigenvalue weighted by Gasteiger charge is 2.30. The van der Waals surface area contributed by atoms with Crippen LogP contribution in [0.25, 0.3) is 0 Å². The second-order valence-electron chi connectivity index (χ2n) is 4.71. The predicted octanol–water partition coefficient (Wildman–Crippen LogP) is 3.85. The van der Waals surface area contributed by atoms with Crippen LogP contribution in [0.2, 0.25) is 0 Å². The molecule has 0 aliphatic heterocycles. The van der Waals surface area contributed by atoms with Crippen molar-refractivity contribution in [1.82, 2.24) is 5.32 Å². The van der Waals surface area contributed by atoms with E-state index in [1.165, 1.54) is 12.1 Å². The lowest BCUT2D eigenvalue weighted by Crippen LogP contribution is -2.23. The van der Waals surface area contributed by atoms with Gasteiger partial charge in [0.15, 0.2) is 0 Å². The molecule has 0 unspecified atom stereocenters. The van der Waals surface area contributed by atoms with E-state index in [0.29, 0.717) is 22.6 Å². The summed E-state index contributed by atoms with van der Waals surface area (Å²) >= 11 is 0. The predicted molar refractivity (Wildman–Crippen MR) is 70.8 cm³/mol. The van der Waals surface area contributed by atoms with Crippen LogP contribution in [0.15, 0.2) is 34.7 Å². The van der Waals surface area contributed by atoms with Gasteiger partial charge >= 0.3 is 6.18 Å². The molecular weight excluding hydrogens is 283 g/mol. The first kappa shape index (κ1) is 15.2. The van der Waals surface area contributed by atoms with Gasteiger partial charge in [0.25, 0.3) is 5.91 Å². The molecule has 6 heteroatoms. The maximum atomic E-state index is 12.6. The van der Waals surface area contributed by atoms with Crippen molar-refractivity contribution in [2.75, 3.05) is 0 Å². The Hall–Kier alpha value is -2.24. The number of halogens is 3. The van der Waals surface area contributed by atoms with Gasteiger partial charge in [-0.3, -0.25) is 4.79 Å². The van der Waals surface area contributed by atoms with Crippen molar-refractivity contribution >= 4 is 5.91 Å². The van der Waals surface area contributed by atoms with Gasteiger partial charge in [0.1, 0.15) is 11.5 Å². The fourth-order valence-electron chi connectivity index (χ4n) is 1.99. The number of amides is 1. The summed E-state index contributed by atoms with van der Waals surface area (Å²) in [6, 6.07) is 6.46. The van der Waals surface area contributed by atoms with Crippen LogP contribution in [0.1, 0.15) is 33.0 Å². The standard InChI is InChI=1S/C15H14F3NO2/c1-9-6-13(10(2)21-9)14(20)19-8-11-4-3-5-12(7-11)15(16,17)18/h3-7H,8H2,1-2H3,(H,19,20). The SMILES string of the molecule is Cc1cc(C(=O)NCc2cccc(C(F)(F)F)c2)c(C)o1. The normalized spacial score (nSPS) is 11.5. The van der Waals surface area contributed by atoms with Crippen molar-refractivity contribution in [1.29, 1.82) is 0 Å². The number of nitrogens with one attached hydrogen (secondary N) is 1. The van der Waals surface area contributed by atoms with Crippen molar-refractivity contribution in [3.63, 3.8) is 0 Å². The molecule has 0 saturated carbocycles. The van der Waals surface area contributed by atoms with Gasteiger partial charge < -0.3 is 9.73 Å². The summed E-state index contributed by atoms with van der Waals surface area (Å²) in [4.78, 5) is 11.9. The molecule has 0 bridgehead atoms. The maximum absolute atomic E-state index is 12.6. The highest BCUT2D eigenvalue weighted by atomic mass is 19.4. The number of carbonyl (C=O) groups is 1. The van der Waals surface area contributed by atoms with E-state index in [9.17, 15) is 18.0 Å². The Morgan fingerprint density at radius 1 is 1.24 bits per heavy atom. The van der Waals surface area contributed by atoms with E-state index in [2.05, 4.69) is 5.32 Å². The number of carbonyl (C=O) groups excluding carboxylic acids is 1. The van der Waals surface area contributed by atoms with Gasteiger partial charge in [-0.15, -0.1) is 0 Å². The van der Waals surface area contributed by atoms with Gasteiger partial charge in [0.05, 0.1) is 11.1 Å². The van der Waals surface area contributed by atoms with Crippen molar-refractivity contribution in [3.8, 4) is 0 Å². The minimum absolute atomic E-state index is 0.0203. The molecule has 1 amide bonds. The summed E-state index contributed by atoms with van der Waals surface area (Å²) in [5.74, 6) is 0.715. The molecule has 1 heterocycles. The lowest BCUT2D eigenvalue weighted by molar-refractivity contribution is -0.137. The molecule has 1 aromatic carbocycles. The number of rotatable bonds is 3. The molecule has 0 fully saturated rings. The molecule has 0 saturated heterocycles. The fraction of sp³-hybridized carbons (Fsp3) is 0.267. The molecule has 2 aromatic rings. The van der Waals surface area contributed by atoms with Crippen molar-refractivity contribution in [2.24, 2.45) is 0 Å². The van der Waals surface area contributed by atoms with Gasteiger partial charge in [-0.25, -0.2) is 0 Å². The first-order valence-corrected chi connectivity index (χ1v) is 6.29. The molecule has 112 valence electrons. The summed E-state index contributed by atoms with van der Waals surface area (Å²) < 4.78 is 43.0. The monoisotopic (exact) mass is 297 g/mol.